The minimum Gasteiger partial charge on any atom is -0.403 e. The highest BCUT2D eigenvalue weighted by molar-refractivity contribution is 5.84. The number of hydrogen-bond donors (Lipinski definition) is 1. The Morgan fingerprint density at radius 3 is 2.74 bits per heavy atom. The van der Waals surface area contributed by atoms with Gasteiger partial charge in [-0.15, -0.1) is 0 Å². The zero-order valence-electron chi connectivity index (χ0n) is 16.2. The minimum absolute atomic E-state index is 0.00364. The predicted octanol–water partition coefficient (Wildman–Crippen LogP) is 3.80. The van der Waals surface area contributed by atoms with E-state index in [9.17, 15) is 9.59 Å². The van der Waals surface area contributed by atoms with E-state index in [-0.39, 0.29) is 17.3 Å². The van der Waals surface area contributed by atoms with Gasteiger partial charge in [-0.25, -0.2) is 4.79 Å². The third kappa shape index (κ3) is 4.64. The normalized spacial score (nSPS) is 17.5. The maximum absolute atomic E-state index is 12.5. The second-order valence-corrected chi connectivity index (χ2v) is 7.58. The van der Waals surface area contributed by atoms with Crippen LogP contribution >= 0.6 is 0 Å². The Bertz CT molecular complexity index is 932. The van der Waals surface area contributed by atoms with Gasteiger partial charge in [-0.3, -0.25) is 9.78 Å². The van der Waals surface area contributed by atoms with Crippen LogP contribution in [0.4, 0.5) is 0 Å². The monoisotopic (exact) mass is 373 g/mol. The van der Waals surface area contributed by atoms with Gasteiger partial charge in [-0.2, -0.15) is 4.98 Å². The molecule has 2 heterocycles. The number of aromatic amines is 1. The van der Waals surface area contributed by atoms with Gasteiger partial charge in [0.05, 0.1) is 5.71 Å². The molecule has 1 aliphatic carbocycles. The first-order chi connectivity index (χ1) is 13.0. The molecule has 0 atom stereocenters. The fourth-order valence-corrected chi connectivity index (χ4v) is 3.58. The fourth-order valence-electron chi connectivity index (χ4n) is 3.58. The number of oxime groups is 1. The molecule has 0 amide bonds. The summed E-state index contributed by atoms with van der Waals surface area (Å²) in [6.45, 7) is 6.54. The smallest absolute Gasteiger partial charge is 0.337 e. The van der Waals surface area contributed by atoms with Crippen molar-refractivity contribution in [1.29, 1.82) is 0 Å². The molecule has 7 heteroatoms. The summed E-state index contributed by atoms with van der Waals surface area (Å²) in [4.78, 5) is 36.4. The molecule has 0 radical (unpaired) electrons. The second-order valence-electron chi connectivity index (χ2n) is 7.58. The number of aromatic nitrogens is 2. The maximum atomic E-state index is 12.5. The van der Waals surface area contributed by atoms with E-state index in [0.717, 1.165) is 50.2 Å². The lowest BCUT2D eigenvalue weighted by Crippen LogP contribution is -2.19. The average molecular weight is 373 g/mol. The molecular weight excluding hydrogens is 346 g/mol. The third-order valence-corrected chi connectivity index (χ3v) is 5.29. The van der Waals surface area contributed by atoms with Crippen LogP contribution in [0.25, 0.3) is 11.1 Å². The highest BCUT2D eigenvalue weighted by atomic mass is 16.6. The summed E-state index contributed by atoms with van der Waals surface area (Å²) in [5.74, 6) is 1.40. The number of fused-ring (bicyclic) bond motifs is 1. The summed E-state index contributed by atoms with van der Waals surface area (Å²) in [6, 6.07) is 1.31. The predicted molar refractivity (Wildman–Crippen MR) is 104 cm³/mol. The molecule has 1 aliphatic rings. The molecule has 0 unspecified atom stereocenters. The van der Waals surface area contributed by atoms with Crippen LogP contribution in [0.1, 0.15) is 64.9 Å². The lowest BCUT2D eigenvalue weighted by molar-refractivity contribution is 0.294. The first-order valence-electron chi connectivity index (χ1n) is 9.77. The van der Waals surface area contributed by atoms with E-state index in [1.165, 1.54) is 6.07 Å². The molecule has 2 aromatic rings. The van der Waals surface area contributed by atoms with Crippen LogP contribution in [0.15, 0.2) is 25.2 Å². The Morgan fingerprint density at radius 2 is 2.07 bits per heavy atom. The van der Waals surface area contributed by atoms with Crippen LogP contribution < -0.4 is 16.0 Å². The molecule has 27 heavy (non-hydrogen) atoms. The summed E-state index contributed by atoms with van der Waals surface area (Å²) in [5.41, 5.74) is 0.718. The minimum atomic E-state index is -0.518. The number of unbranched alkanes of at least 4 members (excludes halogenated alkanes) is 1. The van der Waals surface area contributed by atoms with Gasteiger partial charge in [0.15, 0.2) is 0 Å². The Hall–Kier alpha value is -2.44. The number of rotatable bonds is 6. The first kappa shape index (κ1) is 19.3. The standard InChI is InChI=1S/C20H27N3O4/c1-4-5-6-14-11-16(24)26-19-17(14)18(25)21-20(22-19)27-23-15-9-7-13(8-10-15)12(2)3/h11-13H,4-10H2,1-3H3,(H,21,22,25). The van der Waals surface area contributed by atoms with E-state index in [4.69, 9.17) is 9.25 Å². The number of H-pyrrole nitrogens is 1. The molecule has 7 nitrogen and oxygen atoms in total. The van der Waals surface area contributed by atoms with Crippen molar-refractivity contribution >= 4 is 16.8 Å². The van der Waals surface area contributed by atoms with Gasteiger partial charge in [-0.1, -0.05) is 32.3 Å². The molecule has 3 rings (SSSR count). The van der Waals surface area contributed by atoms with E-state index >= 15 is 0 Å². The van der Waals surface area contributed by atoms with E-state index in [0.29, 0.717) is 23.3 Å². The summed E-state index contributed by atoms with van der Waals surface area (Å²) < 4.78 is 5.12. The van der Waals surface area contributed by atoms with Crippen LogP contribution in [-0.4, -0.2) is 15.7 Å². The lowest BCUT2D eigenvalue weighted by atomic mass is 9.81. The average Bonchev–Trinajstić information content (AvgIpc) is 2.64. The largest absolute Gasteiger partial charge is 0.403 e. The molecule has 0 saturated heterocycles. The van der Waals surface area contributed by atoms with Crippen LogP contribution in [0.2, 0.25) is 0 Å². The van der Waals surface area contributed by atoms with Gasteiger partial charge in [0, 0.05) is 6.07 Å². The van der Waals surface area contributed by atoms with Crippen LogP contribution in [0.3, 0.4) is 0 Å². The van der Waals surface area contributed by atoms with Crippen molar-refractivity contribution in [2.24, 2.45) is 17.0 Å². The molecular formula is C20H27N3O4. The SMILES string of the molecule is CCCCc1cc(=O)oc2nc(ON=C3CCC(C(C)C)CC3)[nH]c(=O)c12. The summed E-state index contributed by atoms with van der Waals surface area (Å²) in [7, 11) is 0. The van der Waals surface area contributed by atoms with Crippen molar-refractivity contribution in [2.75, 3.05) is 0 Å². The second kappa shape index (κ2) is 8.50. The van der Waals surface area contributed by atoms with E-state index in [1.54, 1.807) is 0 Å². The molecule has 0 aromatic carbocycles. The van der Waals surface area contributed by atoms with E-state index in [2.05, 4.69) is 35.9 Å². The van der Waals surface area contributed by atoms with Gasteiger partial charge in [0.25, 0.3) is 5.56 Å². The Balaban J connectivity index is 1.81. The quantitative estimate of drug-likeness (QED) is 0.777. The summed E-state index contributed by atoms with van der Waals surface area (Å²) in [5, 5.41) is 4.46. The van der Waals surface area contributed by atoms with E-state index in [1.807, 2.05) is 0 Å². The van der Waals surface area contributed by atoms with Crippen molar-refractivity contribution in [1.82, 2.24) is 9.97 Å². The summed E-state index contributed by atoms with van der Waals surface area (Å²) in [6.07, 6.45) is 6.43. The number of nitrogens with one attached hydrogen (secondary N) is 1. The Labute approximate surface area is 157 Å². The Morgan fingerprint density at radius 1 is 1.33 bits per heavy atom. The van der Waals surface area contributed by atoms with Gasteiger partial charge in [-0.05, 0) is 55.9 Å². The molecule has 1 N–H and O–H groups in total. The number of nitrogens with zero attached hydrogens (tertiary/aromatic N) is 2. The fraction of sp³-hybridized carbons (Fsp3) is 0.600. The zero-order valence-corrected chi connectivity index (χ0v) is 16.2. The first-order valence-corrected chi connectivity index (χ1v) is 9.77. The lowest BCUT2D eigenvalue weighted by Gasteiger charge is -2.25. The molecule has 146 valence electrons. The summed E-state index contributed by atoms with van der Waals surface area (Å²) >= 11 is 0. The topological polar surface area (TPSA) is 97.5 Å². The zero-order chi connectivity index (χ0) is 19.4. The third-order valence-electron chi connectivity index (χ3n) is 5.29. The van der Waals surface area contributed by atoms with Crippen LogP contribution in [0, 0.1) is 11.8 Å². The van der Waals surface area contributed by atoms with Crippen molar-refractivity contribution < 1.29 is 9.25 Å². The highest BCUT2D eigenvalue weighted by Crippen LogP contribution is 2.28. The van der Waals surface area contributed by atoms with Crippen LogP contribution in [0.5, 0.6) is 6.01 Å². The van der Waals surface area contributed by atoms with Gasteiger partial charge >= 0.3 is 11.6 Å². The van der Waals surface area contributed by atoms with Crippen molar-refractivity contribution in [3.8, 4) is 6.01 Å². The van der Waals surface area contributed by atoms with Crippen molar-refractivity contribution in [3.05, 3.63) is 32.4 Å². The molecule has 1 saturated carbocycles. The maximum Gasteiger partial charge on any atom is 0.337 e. The van der Waals surface area contributed by atoms with E-state index < -0.39 is 5.63 Å². The molecule has 0 spiro atoms. The Kier molecular flexibility index (Phi) is 6.08. The van der Waals surface area contributed by atoms with Gasteiger partial charge in [0.2, 0.25) is 5.71 Å². The number of aryl methyl sites for hydroxylation is 1. The van der Waals surface area contributed by atoms with Crippen molar-refractivity contribution in [3.63, 3.8) is 0 Å². The van der Waals surface area contributed by atoms with Gasteiger partial charge < -0.3 is 9.25 Å². The van der Waals surface area contributed by atoms with Crippen LogP contribution in [-0.2, 0) is 6.42 Å². The molecule has 2 aromatic heterocycles. The molecule has 1 fully saturated rings. The van der Waals surface area contributed by atoms with Crippen molar-refractivity contribution in [2.45, 2.75) is 65.7 Å². The number of hydrogen-bond acceptors (Lipinski definition) is 6. The van der Waals surface area contributed by atoms with Gasteiger partial charge in [0.1, 0.15) is 5.39 Å². The molecule has 0 bridgehead atoms. The highest BCUT2D eigenvalue weighted by Gasteiger charge is 2.21. The molecule has 0 aliphatic heterocycles.